The maximum Gasteiger partial charge on any atom is 0.243 e. The van der Waals surface area contributed by atoms with Gasteiger partial charge in [-0.25, -0.2) is 8.78 Å². The smallest absolute Gasteiger partial charge is 0.243 e. The van der Waals surface area contributed by atoms with Crippen LogP contribution in [0.1, 0.15) is 12.5 Å². The Morgan fingerprint density at radius 1 is 1.27 bits per heavy atom. The van der Waals surface area contributed by atoms with Crippen LogP contribution in [0.25, 0.3) is 0 Å². The van der Waals surface area contributed by atoms with E-state index in [2.05, 4.69) is 5.32 Å². The molecule has 0 saturated carbocycles. The molecule has 1 heterocycles. The number of nitrogens with zero attached hydrogens (tertiary/aromatic N) is 1. The van der Waals surface area contributed by atoms with Gasteiger partial charge in [0, 0.05) is 17.8 Å². The zero-order valence-electron chi connectivity index (χ0n) is 12.1. The Labute approximate surface area is 127 Å². The zero-order valence-corrected chi connectivity index (χ0v) is 12.1. The molecule has 0 aromatic heterocycles. The minimum absolute atomic E-state index is 0.00784. The lowest BCUT2D eigenvalue weighted by molar-refractivity contribution is -0.115. The standard InChI is InChI=1S/C17H16F2N2O/c1-11-8-12-4-2-3-5-16(12)21(11)10-17(22)20-15-7-6-13(18)9-14(15)19/h2-7,9,11H,8,10H2,1H3,(H,20,22)/t11-/m1/s1. The molecule has 0 aliphatic carbocycles. The molecule has 1 atom stereocenters. The summed E-state index contributed by atoms with van der Waals surface area (Å²) < 4.78 is 26.4. The summed E-state index contributed by atoms with van der Waals surface area (Å²) in [7, 11) is 0. The highest BCUT2D eigenvalue weighted by molar-refractivity contribution is 5.94. The molecule has 0 spiro atoms. The zero-order chi connectivity index (χ0) is 15.7. The molecular weight excluding hydrogens is 286 g/mol. The van der Waals surface area contributed by atoms with Gasteiger partial charge in [0.25, 0.3) is 0 Å². The van der Waals surface area contributed by atoms with Gasteiger partial charge in [0.2, 0.25) is 5.91 Å². The van der Waals surface area contributed by atoms with E-state index in [1.54, 1.807) is 0 Å². The first-order valence-corrected chi connectivity index (χ1v) is 7.14. The summed E-state index contributed by atoms with van der Waals surface area (Å²) in [4.78, 5) is 14.1. The Morgan fingerprint density at radius 3 is 2.82 bits per heavy atom. The highest BCUT2D eigenvalue weighted by Gasteiger charge is 2.27. The van der Waals surface area contributed by atoms with E-state index in [1.807, 2.05) is 36.1 Å². The summed E-state index contributed by atoms with van der Waals surface area (Å²) in [5.74, 6) is -1.77. The average Bonchev–Trinajstić information content (AvgIpc) is 2.78. The van der Waals surface area contributed by atoms with E-state index in [0.29, 0.717) is 0 Å². The van der Waals surface area contributed by atoms with E-state index in [9.17, 15) is 13.6 Å². The van der Waals surface area contributed by atoms with Crippen LogP contribution in [-0.2, 0) is 11.2 Å². The van der Waals surface area contributed by atoms with Crippen molar-refractivity contribution >= 4 is 17.3 Å². The van der Waals surface area contributed by atoms with E-state index in [-0.39, 0.29) is 24.2 Å². The average molecular weight is 302 g/mol. The fraction of sp³-hybridized carbons (Fsp3) is 0.235. The van der Waals surface area contributed by atoms with Crippen molar-refractivity contribution in [3.63, 3.8) is 0 Å². The number of anilines is 2. The van der Waals surface area contributed by atoms with Crippen molar-refractivity contribution in [2.24, 2.45) is 0 Å². The van der Waals surface area contributed by atoms with Crippen LogP contribution in [0.15, 0.2) is 42.5 Å². The van der Waals surface area contributed by atoms with Gasteiger partial charge in [0.1, 0.15) is 11.6 Å². The Kier molecular flexibility index (Phi) is 3.79. The van der Waals surface area contributed by atoms with Crippen LogP contribution in [0.2, 0.25) is 0 Å². The quantitative estimate of drug-likeness (QED) is 0.943. The maximum absolute atomic E-state index is 13.6. The third kappa shape index (κ3) is 2.79. The predicted molar refractivity (Wildman–Crippen MR) is 81.9 cm³/mol. The molecule has 0 unspecified atom stereocenters. The molecule has 5 heteroatoms. The minimum Gasteiger partial charge on any atom is -0.359 e. The number of carbonyl (C=O) groups is 1. The van der Waals surface area contributed by atoms with E-state index in [4.69, 9.17) is 0 Å². The summed E-state index contributed by atoms with van der Waals surface area (Å²) in [6.07, 6.45) is 0.883. The van der Waals surface area contributed by atoms with Crippen LogP contribution >= 0.6 is 0 Å². The van der Waals surface area contributed by atoms with Gasteiger partial charge in [0.15, 0.2) is 0 Å². The molecule has 1 aliphatic heterocycles. The van der Waals surface area contributed by atoms with Crippen LogP contribution in [0, 0.1) is 11.6 Å². The van der Waals surface area contributed by atoms with Crippen LogP contribution in [-0.4, -0.2) is 18.5 Å². The van der Waals surface area contributed by atoms with E-state index in [1.165, 1.54) is 11.6 Å². The van der Waals surface area contributed by atoms with Gasteiger partial charge in [-0.1, -0.05) is 18.2 Å². The topological polar surface area (TPSA) is 32.3 Å². The SMILES string of the molecule is C[C@@H]1Cc2ccccc2N1CC(=O)Nc1ccc(F)cc1F. The van der Waals surface area contributed by atoms with Gasteiger partial charge in [0.05, 0.1) is 12.2 Å². The molecule has 2 aromatic rings. The van der Waals surface area contributed by atoms with E-state index < -0.39 is 11.6 Å². The highest BCUT2D eigenvalue weighted by Crippen LogP contribution is 2.31. The number of fused-ring (bicyclic) bond motifs is 1. The summed E-state index contributed by atoms with van der Waals surface area (Å²) in [5.41, 5.74) is 2.23. The van der Waals surface area contributed by atoms with Gasteiger partial charge in [-0.05, 0) is 37.1 Å². The third-order valence-electron chi connectivity index (χ3n) is 3.87. The molecule has 0 saturated heterocycles. The number of nitrogens with one attached hydrogen (secondary N) is 1. The van der Waals surface area contributed by atoms with E-state index >= 15 is 0 Å². The number of para-hydroxylation sites is 1. The van der Waals surface area contributed by atoms with Crippen molar-refractivity contribution in [2.45, 2.75) is 19.4 Å². The minimum atomic E-state index is -0.775. The molecule has 0 fully saturated rings. The lowest BCUT2D eigenvalue weighted by atomic mass is 10.1. The summed E-state index contributed by atoms with van der Waals surface area (Å²) >= 11 is 0. The molecule has 1 aliphatic rings. The molecule has 22 heavy (non-hydrogen) atoms. The van der Waals surface area contributed by atoms with Gasteiger partial charge in [-0.15, -0.1) is 0 Å². The van der Waals surface area contributed by atoms with Crippen molar-refractivity contribution in [2.75, 3.05) is 16.8 Å². The van der Waals surface area contributed by atoms with Gasteiger partial charge < -0.3 is 10.2 Å². The number of carbonyl (C=O) groups excluding carboxylic acids is 1. The largest absolute Gasteiger partial charge is 0.359 e. The summed E-state index contributed by atoms with van der Waals surface area (Å²) in [6, 6.07) is 11.2. The van der Waals surface area contributed by atoms with Crippen LogP contribution in [0.5, 0.6) is 0 Å². The Bertz CT molecular complexity index is 718. The Hall–Kier alpha value is -2.43. The predicted octanol–water partition coefficient (Wildman–Crippen LogP) is 3.35. The molecule has 3 rings (SSSR count). The van der Waals surface area contributed by atoms with Crippen LogP contribution in [0.3, 0.4) is 0 Å². The van der Waals surface area contributed by atoms with E-state index in [0.717, 1.165) is 24.2 Å². The van der Waals surface area contributed by atoms with Crippen LogP contribution < -0.4 is 10.2 Å². The first-order valence-electron chi connectivity index (χ1n) is 7.14. The molecule has 0 bridgehead atoms. The number of hydrogen-bond acceptors (Lipinski definition) is 2. The molecule has 114 valence electrons. The fourth-order valence-electron chi connectivity index (χ4n) is 2.81. The number of rotatable bonds is 3. The number of halogens is 2. The van der Waals surface area contributed by atoms with Crippen molar-refractivity contribution in [1.29, 1.82) is 0 Å². The van der Waals surface area contributed by atoms with Crippen molar-refractivity contribution in [1.82, 2.24) is 0 Å². The highest BCUT2D eigenvalue weighted by atomic mass is 19.1. The monoisotopic (exact) mass is 302 g/mol. The normalized spacial score (nSPS) is 16.5. The molecule has 2 aromatic carbocycles. The maximum atomic E-state index is 13.6. The van der Waals surface area contributed by atoms with Gasteiger partial charge in [-0.2, -0.15) is 0 Å². The molecule has 3 nitrogen and oxygen atoms in total. The number of amides is 1. The summed E-state index contributed by atoms with van der Waals surface area (Å²) in [5, 5.41) is 2.49. The lowest BCUT2D eigenvalue weighted by Crippen LogP contribution is -2.37. The first-order chi connectivity index (χ1) is 10.5. The first kappa shape index (κ1) is 14.5. The summed E-state index contributed by atoms with van der Waals surface area (Å²) in [6.45, 7) is 2.18. The Balaban J connectivity index is 1.72. The van der Waals surface area contributed by atoms with Gasteiger partial charge >= 0.3 is 0 Å². The number of benzene rings is 2. The Morgan fingerprint density at radius 2 is 2.05 bits per heavy atom. The molecule has 0 radical (unpaired) electrons. The fourth-order valence-corrected chi connectivity index (χ4v) is 2.81. The lowest BCUT2D eigenvalue weighted by Gasteiger charge is -2.24. The molecule has 1 N–H and O–H groups in total. The van der Waals surface area contributed by atoms with Crippen molar-refractivity contribution in [3.8, 4) is 0 Å². The second-order valence-electron chi connectivity index (χ2n) is 5.48. The number of hydrogen-bond donors (Lipinski definition) is 1. The third-order valence-corrected chi connectivity index (χ3v) is 3.87. The van der Waals surface area contributed by atoms with Crippen molar-refractivity contribution < 1.29 is 13.6 Å². The molecular formula is C17H16F2N2O. The second kappa shape index (κ2) is 5.75. The van der Waals surface area contributed by atoms with Gasteiger partial charge in [-0.3, -0.25) is 4.79 Å². The van der Waals surface area contributed by atoms with Crippen LogP contribution in [0.4, 0.5) is 20.2 Å². The second-order valence-corrected chi connectivity index (χ2v) is 5.48. The van der Waals surface area contributed by atoms with Crippen molar-refractivity contribution in [3.05, 3.63) is 59.7 Å². The molecule has 1 amide bonds.